The van der Waals surface area contributed by atoms with Crippen LogP contribution in [0, 0.1) is 13.8 Å². The number of nitrogens with one attached hydrogen (secondary N) is 3. The van der Waals surface area contributed by atoms with Crippen molar-refractivity contribution in [2.75, 3.05) is 10.0 Å². The van der Waals surface area contributed by atoms with Crippen LogP contribution in [0.2, 0.25) is 0 Å². The molecule has 1 heterocycles. The summed E-state index contributed by atoms with van der Waals surface area (Å²) < 4.78 is 27.3. The Morgan fingerprint density at radius 3 is 2.14 bits per heavy atom. The van der Waals surface area contributed by atoms with Crippen LogP contribution in [0.3, 0.4) is 0 Å². The number of aryl methyl sites for hydroxylation is 2. The van der Waals surface area contributed by atoms with E-state index >= 15 is 0 Å². The molecule has 2 aromatic rings. The Hall–Kier alpha value is -2.02. The summed E-state index contributed by atoms with van der Waals surface area (Å²) >= 11 is 0. The average Bonchev–Trinajstić information content (AvgIpc) is 2.71. The van der Waals surface area contributed by atoms with E-state index in [2.05, 4.69) is 20.2 Å². The van der Waals surface area contributed by atoms with Crippen molar-refractivity contribution in [3.63, 3.8) is 0 Å². The summed E-state index contributed by atoms with van der Waals surface area (Å²) in [4.78, 5) is 0.201. The lowest BCUT2D eigenvalue weighted by atomic mass is 10.2. The average molecular weight is 308 g/mol. The minimum atomic E-state index is -3.63. The monoisotopic (exact) mass is 308 g/mol. The maximum atomic E-state index is 12.4. The Morgan fingerprint density at radius 1 is 1.10 bits per heavy atom. The molecule has 0 saturated carbocycles. The number of benzene rings is 1. The highest BCUT2D eigenvalue weighted by Crippen LogP contribution is 2.22. The number of hydrogen-bond donors (Lipinski definition) is 3. The minimum Gasteiger partial charge on any atom is -0.383 e. The molecule has 0 unspecified atom stereocenters. The quantitative estimate of drug-likeness (QED) is 0.792. The van der Waals surface area contributed by atoms with E-state index in [0.717, 1.165) is 5.69 Å². The molecule has 3 N–H and O–H groups in total. The van der Waals surface area contributed by atoms with Gasteiger partial charge in [-0.1, -0.05) is 0 Å². The molecule has 1 aromatic heterocycles. The Bertz CT molecular complexity index is 698. The summed E-state index contributed by atoms with van der Waals surface area (Å²) in [5.74, 6) is 0. The summed E-state index contributed by atoms with van der Waals surface area (Å²) in [5.41, 5.74) is 2.45. The van der Waals surface area contributed by atoms with Gasteiger partial charge >= 0.3 is 0 Å². The van der Waals surface area contributed by atoms with Gasteiger partial charge in [-0.05, 0) is 52.0 Å². The van der Waals surface area contributed by atoms with Gasteiger partial charge in [-0.25, -0.2) is 8.42 Å². The fourth-order valence-corrected chi connectivity index (χ4v) is 3.54. The Kier molecular flexibility index (Phi) is 4.22. The van der Waals surface area contributed by atoms with Gasteiger partial charge in [0.1, 0.15) is 4.90 Å². The number of aromatic nitrogens is 2. The normalized spacial score (nSPS) is 11.7. The molecule has 7 heteroatoms. The first-order valence-electron chi connectivity index (χ1n) is 6.70. The van der Waals surface area contributed by atoms with Crippen molar-refractivity contribution in [1.82, 2.24) is 10.2 Å². The molecule has 0 spiro atoms. The Labute approximate surface area is 125 Å². The highest BCUT2D eigenvalue weighted by atomic mass is 32.2. The van der Waals surface area contributed by atoms with Crippen molar-refractivity contribution in [3.8, 4) is 0 Å². The zero-order valence-electron chi connectivity index (χ0n) is 12.6. The van der Waals surface area contributed by atoms with Gasteiger partial charge in [0.25, 0.3) is 10.0 Å². The predicted molar refractivity (Wildman–Crippen MR) is 84.1 cm³/mol. The molecule has 0 atom stereocenters. The topological polar surface area (TPSA) is 86.9 Å². The summed E-state index contributed by atoms with van der Waals surface area (Å²) in [6.07, 6.45) is 0. The van der Waals surface area contributed by atoms with Crippen LogP contribution >= 0.6 is 0 Å². The standard InChI is InChI=1S/C14H20N4O2S/c1-9(2)15-12-5-7-13(8-6-12)18-21(19,20)14-10(3)16-17-11(14)4/h5-9,15,18H,1-4H3,(H,16,17). The molecule has 0 amide bonds. The van der Waals surface area contributed by atoms with Gasteiger partial charge in [0.2, 0.25) is 0 Å². The highest BCUT2D eigenvalue weighted by Gasteiger charge is 2.22. The van der Waals surface area contributed by atoms with Gasteiger partial charge in [-0.2, -0.15) is 5.10 Å². The predicted octanol–water partition coefficient (Wildman–Crippen LogP) is 2.65. The molecule has 114 valence electrons. The van der Waals surface area contributed by atoms with E-state index in [1.807, 2.05) is 26.0 Å². The first kappa shape index (κ1) is 15.4. The maximum absolute atomic E-state index is 12.4. The second kappa shape index (κ2) is 5.77. The van der Waals surface area contributed by atoms with Gasteiger partial charge in [0.05, 0.1) is 11.4 Å². The van der Waals surface area contributed by atoms with Gasteiger partial charge in [-0.3, -0.25) is 9.82 Å². The van der Waals surface area contributed by atoms with Crippen LogP contribution in [0.4, 0.5) is 11.4 Å². The molecule has 0 fully saturated rings. The Balaban J connectivity index is 2.21. The number of aromatic amines is 1. The number of nitrogens with zero attached hydrogens (tertiary/aromatic N) is 1. The van der Waals surface area contributed by atoms with E-state index < -0.39 is 10.0 Å². The van der Waals surface area contributed by atoms with Crippen LogP contribution in [-0.4, -0.2) is 24.7 Å². The lowest BCUT2D eigenvalue weighted by Crippen LogP contribution is -2.15. The van der Waals surface area contributed by atoms with E-state index in [-0.39, 0.29) is 4.90 Å². The third-order valence-electron chi connectivity index (χ3n) is 2.92. The molecule has 1 aromatic carbocycles. The largest absolute Gasteiger partial charge is 0.383 e. The van der Waals surface area contributed by atoms with Gasteiger partial charge < -0.3 is 5.32 Å². The summed E-state index contributed by atoms with van der Waals surface area (Å²) in [6.45, 7) is 7.43. The van der Waals surface area contributed by atoms with Crippen molar-refractivity contribution in [2.24, 2.45) is 0 Å². The number of hydrogen-bond acceptors (Lipinski definition) is 4. The van der Waals surface area contributed by atoms with Crippen LogP contribution in [0.25, 0.3) is 0 Å². The van der Waals surface area contributed by atoms with Crippen molar-refractivity contribution < 1.29 is 8.42 Å². The van der Waals surface area contributed by atoms with Gasteiger partial charge in [-0.15, -0.1) is 0 Å². The number of H-pyrrole nitrogens is 1. The fourth-order valence-electron chi connectivity index (χ4n) is 2.11. The molecule has 0 aliphatic rings. The van der Waals surface area contributed by atoms with Crippen LogP contribution in [0.15, 0.2) is 29.2 Å². The summed E-state index contributed by atoms with van der Waals surface area (Å²) in [5, 5.41) is 9.85. The molecular weight excluding hydrogens is 288 g/mol. The van der Waals surface area contributed by atoms with Gasteiger partial charge in [0.15, 0.2) is 0 Å². The van der Waals surface area contributed by atoms with Crippen LogP contribution < -0.4 is 10.0 Å². The van der Waals surface area contributed by atoms with Crippen molar-refractivity contribution in [1.29, 1.82) is 0 Å². The molecule has 21 heavy (non-hydrogen) atoms. The maximum Gasteiger partial charge on any atom is 0.265 e. The van der Waals surface area contributed by atoms with Crippen molar-refractivity contribution in [2.45, 2.75) is 38.6 Å². The van der Waals surface area contributed by atoms with E-state index in [0.29, 0.717) is 23.1 Å². The van der Waals surface area contributed by atoms with Crippen LogP contribution in [0.1, 0.15) is 25.2 Å². The summed E-state index contributed by atoms with van der Waals surface area (Å²) in [6, 6.07) is 7.46. The molecule has 6 nitrogen and oxygen atoms in total. The smallest absolute Gasteiger partial charge is 0.265 e. The van der Waals surface area contributed by atoms with Gasteiger partial charge in [0, 0.05) is 17.4 Å². The number of anilines is 2. The second-order valence-electron chi connectivity index (χ2n) is 5.25. The molecule has 0 bridgehead atoms. The Morgan fingerprint density at radius 2 is 1.67 bits per heavy atom. The first-order chi connectivity index (χ1) is 9.79. The van der Waals surface area contributed by atoms with Crippen molar-refractivity contribution in [3.05, 3.63) is 35.7 Å². The second-order valence-corrected chi connectivity index (χ2v) is 6.86. The first-order valence-corrected chi connectivity index (χ1v) is 8.19. The molecule has 0 aliphatic heterocycles. The van der Waals surface area contributed by atoms with E-state index in [4.69, 9.17) is 0 Å². The summed E-state index contributed by atoms with van der Waals surface area (Å²) in [7, 11) is -3.63. The molecular formula is C14H20N4O2S. The third kappa shape index (κ3) is 3.55. The minimum absolute atomic E-state index is 0.201. The van der Waals surface area contributed by atoms with E-state index in [1.54, 1.807) is 26.0 Å². The van der Waals surface area contributed by atoms with E-state index in [9.17, 15) is 8.42 Å². The lowest BCUT2D eigenvalue weighted by molar-refractivity contribution is 0.600. The number of sulfonamides is 1. The van der Waals surface area contributed by atoms with Crippen LogP contribution in [0.5, 0.6) is 0 Å². The van der Waals surface area contributed by atoms with E-state index in [1.165, 1.54) is 0 Å². The molecule has 0 radical (unpaired) electrons. The zero-order valence-corrected chi connectivity index (χ0v) is 13.4. The zero-order chi connectivity index (χ0) is 15.6. The fraction of sp³-hybridized carbons (Fsp3) is 0.357. The molecule has 0 aliphatic carbocycles. The number of rotatable bonds is 5. The third-order valence-corrected chi connectivity index (χ3v) is 4.57. The van der Waals surface area contributed by atoms with Crippen LogP contribution in [-0.2, 0) is 10.0 Å². The molecule has 2 rings (SSSR count). The highest BCUT2D eigenvalue weighted by molar-refractivity contribution is 7.92. The SMILES string of the molecule is Cc1n[nH]c(C)c1S(=O)(=O)Nc1ccc(NC(C)C)cc1. The molecule has 0 saturated heterocycles. The van der Waals surface area contributed by atoms with Crippen molar-refractivity contribution >= 4 is 21.4 Å². The lowest BCUT2D eigenvalue weighted by Gasteiger charge is -2.12.